The Labute approximate surface area is 220 Å². The minimum Gasteiger partial charge on any atom is -0.382 e. The highest BCUT2D eigenvalue weighted by Gasteiger charge is 2.34. The number of likely N-dealkylation sites (tertiary alicyclic amines) is 1. The molecule has 1 atom stereocenters. The highest BCUT2D eigenvalue weighted by Crippen LogP contribution is 2.36. The summed E-state index contributed by atoms with van der Waals surface area (Å²) in [5, 5.41) is 2.39. The SMILES string of the molecule is CC#CC(=O)N1CCCC1c1nc(-c2ccc(C(=O)Nc3cc(C(F)(F)F)ccn3)cc2)c2c(N)nccn12. The van der Waals surface area contributed by atoms with Crippen molar-refractivity contribution < 1.29 is 22.8 Å². The Morgan fingerprint density at radius 3 is 2.62 bits per heavy atom. The lowest BCUT2D eigenvalue weighted by Crippen LogP contribution is -2.30. The zero-order valence-electron chi connectivity index (χ0n) is 20.7. The summed E-state index contributed by atoms with van der Waals surface area (Å²) in [6.07, 6.45) is 1.22. The number of fused-ring (bicyclic) bond motifs is 1. The van der Waals surface area contributed by atoms with Gasteiger partial charge in [0.15, 0.2) is 0 Å². The number of rotatable bonds is 4. The summed E-state index contributed by atoms with van der Waals surface area (Å²) in [5.41, 5.74) is 7.23. The molecule has 0 radical (unpaired) electrons. The number of nitrogens with two attached hydrogens (primary N) is 1. The van der Waals surface area contributed by atoms with Gasteiger partial charge in [0.05, 0.1) is 11.6 Å². The molecule has 1 aliphatic heterocycles. The number of imidazole rings is 1. The molecule has 5 rings (SSSR count). The fourth-order valence-corrected chi connectivity index (χ4v) is 4.62. The number of anilines is 2. The van der Waals surface area contributed by atoms with E-state index in [0.717, 1.165) is 24.8 Å². The second-order valence-electron chi connectivity index (χ2n) is 8.84. The van der Waals surface area contributed by atoms with E-state index in [1.807, 2.05) is 4.40 Å². The van der Waals surface area contributed by atoms with Crippen LogP contribution in [-0.4, -0.2) is 42.6 Å². The van der Waals surface area contributed by atoms with Crippen LogP contribution in [0.5, 0.6) is 0 Å². The molecule has 39 heavy (non-hydrogen) atoms. The predicted octanol–water partition coefficient (Wildman–Crippen LogP) is 4.33. The highest BCUT2D eigenvalue weighted by atomic mass is 19.4. The normalized spacial score (nSPS) is 15.2. The van der Waals surface area contributed by atoms with Gasteiger partial charge in [0.1, 0.15) is 28.7 Å². The van der Waals surface area contributed by atoms with Gasteiger partial charge in [-0.3, -0.25) is 14.0 Å². The van der Waals surface area contributed by atoms with Crippen molar-refractivity contribution in [1.29, 1.82) is 0 Å². The number of nitrogen functional groups attached to an aromatic ring is 1. The van der Waals surface area contributed by atoms with Gasteiger partial charge in [-0.15, -0.1) is 0 Å². The minimum absolute atomic E-state index is 0.207. The number of carbonyl (C=O) groups excluding carboxylic acids is 2. The number of benzene rings is 1. The zero-order valence-corrected chi connectivity index (χ0v) is 20.7. The van der Waals surface area contributed by atoms with Crippen LogP contribution < -0.4 is 11.1 Å². The number of aromatic nitrogens is 4. The molecule has 0 spiro atoms. The number of amides is 2. The van der Waals surface area contributed by atoms with Crippen LogP contribution in [0.15, 0.2) is 55.0 Å². The lowest BCUT2D eigenvalue weighted by atomic mass is 10.1. The molecule has 12 heteroatoms. The van der Waals surface area contributed by atoms with Crippen molar-refractivity contribution in [1.82, 2.24) is 24.3 Å². The first kappa shape index (κ1) is 25.7. The number of hydrogen-bond acceptors (Lipinski definition) is 6. The van der Waals surface area contributed by atoms with Crippen LogP contribution in [0.1, 0.15) is 47.6 Å². The predicted molar refractivity (Wildman–Crippen MR) is 137 cm³/mol. The van der Waals surface area contributed by atoms with Crippen molar-refractivity contribution in [3.05, 3.63) is 71.9 Å². The summed E-state index contributed by atoms with van der Waals surface area (Å²) < 4.78 is 40.8. The van der Waals surface area contributed by atoms with Gasteiger partial charge in [0, 0.05) is 36.3 Å². The number of carbonyl (C=O) groups is 2. The van der Waals surface area contributed by atoms with E-state index in [0.29, 0.717) is 35.6 Å². The molecule has 0 bridgehead atoms. The van der Waals surface area contributed by atoms with Gasteiger partial charge in [-0.1, -0.05) is 18.1 Å². The quantitative estimate of drug-likeness (QED) is 0.377. The molecule has 9 nitrogen and oxygen atoms in total. The maximum absolute atomic E-state index is 13.0. The van der Waals surface area contributed by atoms with Crippen LogP contribution in [0.3, 0.4) is 0 Å². The lowest BCUT2D eigenvalue weighted by molar-refractivity contribution is -0.137. The van der Waals surface area contributed by atoms with Crippen molar-refractivity contribution in [2.24, 2.45) is 0 Å². The van der Waals surface area contributed by atoms with Gasteiger partial charge < -0.3 is 16.0 Å². The van der Waals surface area contributed by atoms with Crippen molar-refractivity contribution in [3.63, 3.8) is 0 Å². The van der Waals surface area contributed by atoms with E-state index < -0.39 is 17.6 Å². The third-order valence-corrected chi connectivity index (χ3v) is 6.40. The molecule has 3 aromatic heterocycles. The smallest absolute Gasteiger partial charge is 0.382 e. The first-order valence-electron chi connectivity index (χ1n) is 12.0. The summed E-state index contributed by atoms with van der Waals surface area (Å²) in [4.78, 5) is 39.8. The molecule has 1 saturated heterocycles. The Hall–Kier alpha value is -4.92. The maximum atomic E-state index is 13.0. The van der Waals surface area contributed by atoms with Crippen LogP contribution in [0.2, 0.25) is 0 Å². The number of halogens is 3. The number of pyridine rings is 1. The number of nitrogens with zero attached hydrogens (tertiary/aromatic N) is 5. The van der Waals surface area contributed by atoms with E-state index in [1.54, 1.807) is 36.4 Å². The Bertz CT molecular complexity index is 1640. The molecule has 198 valence electrons. The van der Waals surface area contributed by atoms with E-state index in [4.69, 9.17) is 10.7 Å². The van der Waals surface area contributed by atoms with Gasteiger partial charge in [-0.05, 0) is 50.0 Å². The monoisotopic (exact) mass is 533 g/mol. The van der Waals surface area contributed by atoms with E-state index in [1.165, 1.54) is 12.1 Å². The minimum atomic E-state index is -4.56. The van der Waals surface area contributed by atoms with Gasteiger partial charge in [-0.2, -0.15) is 13.2 Å². The molecule has 1 aliphatic rings. The largest absolute Gasteiger partial charge is 0.416 e. The molecule has 1 aromatic carbocycles. The molecule has 1 fully saturated rings. The fraction of sp³-hybridized carbons (Fsp3) is 0.222. The molecular weight excluding hydrogens is 511 g/mol. The maximum Gasteiger partial charge on any atom is 0.416 e. The third-order valence-electron chi connectivity index (χ3n) is 6.40. The van der Waals surface area contributed by atoms with Crippen LogP contribution in [0.4, 0.5) is 24.8 Å². The summed E-state index contributed by atoms with van der Waals surface area (Å²) >= 11 is 0. The summed E-state index contributed by atoms with van der Waals surface area (Å²) in [7, 11) is 0. The molecule has 2 amide bonds. The van der Waals surface area contributed by atoms with Gasteiger partial charge in [-0.25, -0.2) is 15.0 Å². The zero-order chi connectivity index (χ0) is 27.7. The van der Waals surface area contributed by atoms with Gasteiger partial charge >= 0.3 is 6.18 Å². The van der Waals surface area contributed by atoms with Gasteiger partial charge in [0.2, 0.25) is 0 Å². The topological polar surface area (TPSA) is 119 Å². The van der Waals surface area contributed by atoms with Gasteiger partial charge in [0.25, 0.3) is 11.8 Å². The average molecular weight is 534 g/mol. The van der Waals surface area contributed by atoms with Crippen molar-refractivity contribution in [3.8, 4) is 23.1 Å². The summed E-state index contributed by atoms with van der Waals surface area (Å²) in [5.74, 6) is 4.99. The molecule has 4 aromatic rings. The van der Waals surface area contributed by atoms with E-state index in [2.05, 4.69) is 27.1 Å². The number of nitrogens with one attached hydrogen (secondary N) is 1. The Morgan fingerprint density at radius 1 is 1.13 bits per heavy atom. The van der Waals surface area contributed by atoms with Crippen LogP contribution in [0.25, 0.3) is 16.8 Å². The lowest BCUT2D eigenvalue weighted by Gasteiger charge is -2.21. The van der Waals surface area contributed by atoms with E-state index in [9.17, 15) is 22.8 Å². The third kappa shape index (κ3) is 4.98. The van der Waals surface area contributed by atoms with E-state index >= 15 is 0 Å². The summed E-state index contributed by atoms with van der Waals surface area (Å²) in [6.45, 7) is 2.17. The highest BCUT2D eigenvalue weighted by molar-refractivity contribution is 6.04. The van der Waals surface area contributed by atoms with Crippen LogP contribution in [-0.2, 0) is 11.0 Å². The average Bonchev–Trinajstić information content (AvgIpc) is 3.54. The second kappa shape index (κ2) is 10.1. The van der Waals surface area contributed by atoms with E-state index in [-0.39, 0.29) is 29.1 Å². The molecule has 0 saturated carbocycles. The van der Waals surface area contributed by atoms with Crippen molar-refractivity contribution >= 4 is 29.0 Å². The number of alkyl halides is 3. The molecule has 3 N–H and O–H groups in total. The summed E-state index contributed by atoms with van der Waals surface area (Å²) in [6, 6.07) is 7.67. The Balaban J connectivity index is 1.46. The number of hydrogen-bond donors (Lipinski definition) is 2. The standard InChI is InChI=1S/C27H22F3N7O2/c1-2-4-21(38)36-13-3-5-19(36)25-35-22(23-24(31)33-12-14-37(23)25)16-6-8-17(9-7-16)26(39)34-20-15-18(10-11-32-20)27(28,29)30/h6-12,14-15,19H,3,5,13H2,1H3,(H2,31,33)(H,32,34,39). The second-order valence-corrected chi connectivity index (χ2v) is 8.84. The van der Waals surface area contributed by atoms with Crippen molar-refractivity contribution in [2.45, 2.75) is 32.0 Å². The van der Waals surface area contributed by atoms with Crippen molar-refractivity contribution in [2.75, 3.05) is 17.6 Å². The Morgan fingerprint density at radius 2 is 1.90 bits per heavy atom. The molecule has 1 unspecified atom stereocenters. The first-order chi connectivity index (χ1) is 18.7. The molecule has 4 heterocycles. The molecule has 0 aliphatic carbocycles. The Kier molecular flexibility index (Phi) is 6.66. The van der Waals surface area contributed by atoms with Crippen LogP contribution >= 0.6 is 0 Å². The first-order valence-corrected chi connectivity index (χ1v) is 12.0. The van der Waals surface area contributed by atoms with Crippen LogP contribution in [0, 0.1) is 11.8 Å². The molecular formula is C27H22F3N7O2. The fourth-order valence-electron chi connectivity index (χ4n) is 4.62.